The molecule has 1 aromatic heterocycles. The molecule has 0 saturated carbocycles. The first-order valence-electron chi connectivity index (χ1n) is 9.28. The number of carbonyl (C=O) groups is 1. The van der Waals surface area contributed by atoms with Gasteiger partial charge in [-0.2, -0.15) is 0 Å². The summed E-state index contributed by atoms with van der Waals surface area (Å²) in [4.78, 5) is 29.4. The van der Waals surface area contributed by atoms with Crippen LogP contribution >= 0.6 is 0 Å². The number of urea groups is 1. The highest BCUT2D eigenvalue weighted by Gasteiger charge is 2.16. The standard InChI is InChI=1S/C22H25N3O3/c1-15-10-18-12-19(21(27)24-20(18)11-16(15)2)14-25(8-9-26)22(28)23-13-17-6-4-3-5-7-17/h3-7,10-12,26H,8-9,13-14H2,1-2H3,(H,23,28)(H,24,27). The molecule has 6 nitrogen and oxygen atoms in total. The van der Waals surface area contributed by atoms with Crippen molar-refractivity contribution in [2.45, 2.75) is 26.9 Å². The number of aliphatic hydroxyl groups excluding tert-OH is 1. The summed E-state index contributed by atoms with van der Waals surface area (Å²) in [6, 6.07) is 15.1. The molecule has 2 aromatic carbocycles. The molecule has 1 heterocycles. The fourth-order valence-electron chi connectivity index (χ4n) is 3.10. The molecule has 0 aliphatic carbocycles. The van der Waals surface area contributed by atoms with Crippen LogP contribution in [0.4, 0.5) is 4.79 Å². The number of hydrogen-bond acceptors (Lipinski definition) is 3. The molecular weight excluding hydrogens is 354 g/mol. The molecule has 3 rings (SSSR count). The van der Waals surface area contributed by atoms with Crippen molar-refractivity contribution in [2.24, 2.45) is 0 Å². The number of carbonyl (C=O) groups excluding carboxylic acids is 1. The third kappa shape index (κ3) is 4.58. The van der Waals surface area contributed by atoms with Gasteiger partial charge in [0.1, 0.15) is 0 Å². The highest BCUT2D eigenvalue weighted by Crippen LogP contribution is 2.17. The van der Waals surface area contributed by atoms with Gasteiger partial charge in [0, 0.05) is 24.2 Å². The Morgan fingerprint density at radius 3 is 2.54 bits per heavy atom. The summed E-state index contributed by atoms with van der Waals surface area (Å²) in [7, 11) is 0. The molecule has 0 aliphatic rings. The average molecular weight is 379 g/mol. The minimum Gasteiger partial charge on any atom is -0.395 e. The summed E-state index contributed by atoms with van der Waals surface area (Å²) in [5.74, 6) is 0. The highest BCUT2D eigenvalue weighted by atomic mass is 16.3. The Bertz CT molecular complexity index is 1030. The van der Waals surface area contributed by atoms with E-state index >= 15 is 0 Å². The predicted octanol–water partition coefficient (Wildman–Crippen LogP) is 2.85. The molecule has 0 radical (unpaired) electrons. The first-order chi connectivity index (χ1) is 13.5. The van der Waals surface area contributed by atoms with E-state index < -0.39 is 0 Å². The minimum absolute atomic E-state index is 0.124. The van der Waals surface area contributed by atoms with E-state index in [4.69, 9.17) is 0 Å². The highest BCUT2D eigenvalue weighted by molar-refractivity contribution is 5.81. The maximum atomic E-state index is 12.6. The van der Waals surface area contributed by atoms with Gasteiger partial charge in [0.05, 0.1) is 13.2 Å². The summed E-state index contributed by atoms with van der Waals surface area (Å²) in [5, 5.41) is 13.1. The van der Waals surface area contributed by atoms with Gasteiger partial charge >= 0.3 is 6.03 Å². The van der Waals surface area contributed by atoms with E-state index in [1.807, 2.05) is 62.4 Å². The van der Waals surface area contributed by atoms with Gasteiger partial charge in [0.25, 0.3) is 5.56 Å². The lowest BCUT2D eigenvalue weighted by Gasteiger charge is -2.22. The number of rotatable bonds is 6. The van der Waals surface area contributed by atoms with E-state index in [1.54, 1.807) is 0 Å². The summed E-state index contributed by atoms with van der Waals surface area (Å²) >= 11 is 0. The second kappa shape index (κ2) is 8.71. The number of aromatic amines is 1. The Kier molecular flexibility index (Phi) is 6.11. The number of aliphatic hydroxyl groups is 1. The predicted molar refractivity (Wildman–Crippen MR) is 110 cm³/mol. The molecule has 6 heteroatoms. The van der Waals surface area contributed by atoms with Gasteiger partial charge in [-0.15, -0.1) is 0 Å². The van der Waals surface area contributed by atoms with E-state index in [0.29, 0.717) is 12.1 Å². The lowest BCUT2D eigenvalue weighted by Crippen LogP contribution is -2.41. The first-order valence-corrected chi connectivity index (χ1v) is 9.28. The zero-order chi connectivity index (χ0) is 20.1. The number of fused-ring (bicyclic) bond motifs is 1. The Labute approximate surface area is 163 Å². The van der Waals surface area contributed by atoms with Gasteiger partial charge in [0.15, 0.2) is 0 Å². The van der Waals surface area contributed by atoms with Crippen LogP contribution in [0.2, 0.25) is 0 Å². The summed E-state index contributed by atoms with van der Waals surface area (Å²) in [6.07, 6.45) is 0. The molecule has 0 spiro atoms. The van der Waals surface area contributed by atoms with Gasteiger partial charge in [-0.3, -0.25) is 4.79 Å². The molecule has 3 N–H and O–H groups in total. The minimum atomic E-state index is -0.322. The van der Waals surface area contributed by atoms with Crippen molar-refractivity contribution in [1.29, 1.82) is 0 Å². The van der Waals surface area contributed by atoms with Crippen LogP contribution in [-0.2, 0) is 13.1 Å². The van der Waals surface area contributed by atoms with Crippen molar-refractivity contribution in [3.05, 3.63) is 81.1 Å². The Hall–Kier alpha value is -3.12. The number of aryl methyl sites for hydroxylation is 2. The molecule has 3 aromatic rings. The maximum absolute atomic E-state index is 12.6. The second-order valence-corrected chi connectivity index (χ2v) is 6.94. The van der Waals surface area contributed by atoms with Gasteiger partial charge in [-0.25, -0.2) is 4.79 Å². The molecule has 0 atom stereocenters. The molecule has 0 saturated heterocycles. The number of pyridine rings is 1. The number of nitrogens with one attached hydrogen (secondary N) is 2. The summed E-state index contributed by atoms with van der Waals surface area (Å²) in [6.45, 7) is 4.50. The van der Waals surface area contributed by atoms with E-state index in [2.05, 4.69) is 10.3 Å². The normalized spacial score (nSPS) is 10.8. The van der Waals surface area contributed by atoms with Crippen LogP contribution in [0.25, 0.3) is 10.9 Å². The number of nitrogens with zero attached hydrogens (tertiary/aromatic N) is 1. The third-order valence-corrected chi connectivity index (χ3v) is 4.84. The zero-order valence-corrected chi connectivity index (χ0v) is 16.2. The monoisotopic (exact) mass is 379 g/mol. The Morgan fingerprint density at radius 2 is 1.82 bits per heavy atom. The van der Waals surface area contributed by atoms with E-state index in [1.165, 1.54) is 4.90 Å². The third-order valence-electron chi connectivity index (χ3n) is 4.84. The number of aromatic nitrogens is 1. The van der Waals surface area contributed by atoms with Crippen molar-refractivity contribution in [1.82, 2.24) is 15.2 Å². The van der Waals surface area contributed by atoms with E-state index in [-0.39, 0.29) is 31.3 Å². The Balaban J connectivity index is 1.79. The molecule has 0 aliphatic heterocycles. The first kappa shape index (κ1) is 19.6. The average Bonchev–Trinajstić information content (AvgIpc) is 2.68. The fourth-order valence-corrected chi connectivity index (χ4v) is 3.10. The van der Waals surface area contributed by atoms with Crippen molar-refractivity contribution in [3.63, 3.8) is 0 Å². The van der Waals surface area contributed by atoms with Crippen LogP contribution in [0.15, 0.2) is 53.3 Å². The number of hydrogen-bond donors (Lipinski definition) is 3. The molecule has 0 bridgehead atoms. The van der Waals surface area contributed by atoms with Crippen molar-refractivity contribution in [3.8, 4) is 0 Å². The van der Waals surface area contributed by atoms with Crippen molar-refractivity contribution < 1.29 is 9.90 Å². The summed E-state index contributed by atoms with van der Waals surface area (Å²) < 4.78 is 0. The van der Waals surface area contributed by atoms with Crippen molar-refractivity contribution >= 4 is 16.9 Å². The van der Waals surface area contributed by atoms with Crippen LogP contribution < -0.4 is 10.9 Å². The van der Waals surface area contributed by atoms with E-state index in [0.717, 1.165) is 27.6 Å². The van der Waals surface area contributed by atoms with Gasteiger partial charge < -0.3 is 20.3 Å². The maximum Gasteiger partial charge on any atom is 0.318 e. The van der Waals surface area contributed by atoms with E-state index in [9.17, 15) is 14.7 Å². The van der Waals surface area contributed by atoms with Crippen LogP contribution in [0.5, 0.6) is 0 Å². The lowest BCUT2D eigenvalue weighted by atomic mass is 10.0. The smallest absolute Gasteiger partial charge is 0.318 e. The second-order valence-electron chi connectivity index (χ2n) is 6.94. The zero-order valence-electron chi connectivity index (χ0n) is 16.2. The van der Waals surface area contributed by atoms with Crippen LogP contribution in [0.3, 0.4) is 0 Å². The molecule has 0 unspecified atom stereocenters. The fraction of sp³-hybridized carbons (Fsp3) is 0.273. The number of benzene rings is 2. The van der Waals surface area contributed by atoms with Gasteiger partial charge in [0.2, 0.25) is 0 Å². The SMILES string of the molecule is Cc1cc2cc(CN(CCO)C(=O)NCc3ccccc3)c(=O)[nH]c2cc1C. The van der Waals surface area contributed by atoms with Crippen molar-refractivity contribution in [2.75, 3.05) is 13.2 Å². The largest absolute Gasteiger partial charge is 0.395 e. The summed E-state index contributed by atoms with van der Waals surface area (Å²) in [5.41, 5.74) is 4.26. The Morgan fingerprint density at radius 1 is 1.11 bits per heavy atom. The molecule has 0 fully saturated rings. The molecule has 28 heavy (non-hydrogen) atoms. The van der Waals surface area contributed by atoms with Crippen LogP contribution in [0.1, 0.15) is 22.3 Å². The molecule has 146 valence electrons. The van der Waals surface area contributed by atoms with Crippen LogP contribution in [-0.4, -0.2) is 34.2 Å². The quantitative estimate of drug-likeness (QED) is 0.616. The number of amides is 2. The van der Waals surface area contributed by atoms with Gasteiger partial charge in [-0.05, 0) is 54.1 Å². The molecular formula is C22H25N3O3. The number of H-pyrrole nitrogens is 1. The topological polar surface area (TPSA) is 85.4 Å². The lowest BCUT2D eigenvalue weighted by molar-refractivity contribution is 0.173. The molecule has 2 amide bonds. The van der Waals surface area contributed by atoms with Gasteiger partial charge in [-0.1, -0.05) is 30.3 Å². The van der Waals surface area contributed by atoms with Crippen LogP contribution in [0, 0.1) is 13.8 Å².